The number of nitrogens with zero attached hydrogens (tertiary/aromatic N) is 4. The zero-order chi connectivity index (χ0) is 17.7. The Kier molecular flexibility index (Phi) is 3.72. The maximum Gasteiger partial charge on any atom is 0.270 e. The lowest BCUT2D eigenvalue weighted by molar-refractivity contribution is 0.260. The van der Waals surface area contributed by atoms with Gasteiger partial charge in [0.25, 0.3) is 5.56 Å². The summed E-state index contributed by atoms with van der Waals surface area (Å²) in [4.78, 5) is 20.8. The van der Waals surface area contributed by atoms with Gasteiger partial charge in [-0.2, -0.15) is 10.2 Å². The van der Waals surface area contributed by atoms with Gasteiger partial charge in [0, 0.05) is 23.9 Å². The van der Waals surface area contributed by atoms with Crippen molar-refractivity contribution in [3.05, 3.63) is 28.2 Å². The molecule has 2 heterocycles. The summed E-state index contributed by atoms with van der Waals surface area (Å²) in [7, 11) is -3.59. The number of rotatable bonds is 2. The molecule has 126 valence electrons. The second-order valence-electron chi connectivity index (χ2n) is 6.95. The number of hydrogen-bond acceptors (Lipinski definition) is 6. The lowest BCUT2D eigenvalue weighted by Crippen LogP contribution is -2.33. The molecule has 0 aliphatic heterocycles. The number of sulfone groups is 1. The van der Waals surface area contributed by atoms with Crippen LogP contribution in [0.2, 0.25) is 0 Å². The fourth-order valence-corrected chi connectivity index (χ4v) is 3.94. The topological polar surface area (TPSA) is 106 Å². The van der Waals surface area contributed by atoms with E-state index in [9.17, 15) is 18.5 Å². The summed E-state index contributed by atoms with van der Waals surface area (Å²) in [6.07, 6.45) is 5.09. The average molecular weight is 346 g/mol. The van der Waals surface area contributed by atoms with E-state index in [0.29, 0.717) is 5.39 Å². The molecule has 1 atom stereocenters. The van der Waals surface area contributed by atoms with Crippen molar-refractivity contribution in [2.75, 3.05) is 6.26 Å². The van der Waals surface area contributed by atoms with Gasteiger partial charge in [-0.25, -0.2) is 13.4 Å². The number of nitriles is 1. The molecule has 1 saturated carbocycles. The minimum Gasteiger partial charge on any atom is -0.288 e. The van der Waals surface area contributed by atoms with Crippen LogP contribution in [0.3, 0.4) is 0 Å². The molecule has 1 aliphatic rings. The molecule has 0 aromatic carbocycles. The molecular weight excluding hydrogens is 328 g/mol. The summed E-state index contributed by atoms with van der Waals surface area (Å²) in [5, 5.41) is 9.43. The van der Waals surface area contributed by atoms with E-state index in [2.05, 4.69) is 23.8 Å². The second-order valence-corrected chi connectivity index (χ2v) is 8.85. The van der Waals surface area contributed by atoms with E-state index < -0.39 is 15.4 Å². The Balaban J connectivity index is 2.42. The Labute approximate surface area is 139 Å². The van der Waals surface area contributed by atoms with E-state index in [0.717, 1.165) is 25.5 Å². The third-order valence-electron chi connectivity index (χ3n) is 4.72. The van der Waals surface area contributed by atoms with Gasteiger partial charge in [0.15, 0.2) is 0 Å². The number of hydrogen-bond donors (Lipinski definition) is 0. The zero-order valence-corrected chi connectivity index (χ0v) is 14.6. The molecule has 0 amide bonds. The number of aromatic nitrogens is 3. The van der Waals surface area contributed by atoms with Crippen molar-refractivity contribution in [2.45, 2.75) is 44.3 Å². The van der Waals surface area contributed by atoms with Crippen LogP contribution < -0.4 is 5.56 Å². The molecule has 0 spiro atoms. The van der Waals surface area contributed by atoms with Gasteiger partial charge in [0.1, 0.15) is 17.3 Å². The van der Waals surface area contributed by atoms with Gasteiger partial charge in [0.2, 0.25) is 15.0 Å². The first kappa shape index (κ1) is 16.6. The van der Waals surface area contributed by atoms with Crippen LogP contribution in [-0.2, 0) is 9.84 Å². The highest BCUT2D eigenvalue weighted by Gasteiger charge is 2.37. The molecule has 2 aromatic heterocycles. The first-order valence-corrected chi connectivity index (χ1v) is 9.57. The van der Waals surface area contributed by atoms with Crippen LogP contribution in [0.25, 0.3) is 11.0 Å². The fraction of sp³-hybridized carbons (Fsp3) is 0.500. The predicted octanol–water partition coefficient (Wildman–Crippen LogP) is 1.82. The highest BCUT2D eigenvalue weighted by molar-refractivity contribution is 7.90. The summed E-state index contributed by atoms with van der Waals surface area (Å²) in [5.41, 5.74) is -0.278. The molecule has 0 N–H and O–H groups in total. The molecule has 0 radical (unpaired) electrons. The first-order chi connectivity index (χ1) is 11.1. The normalized spacial score (nSPS) is 20.2. The van der Waals surface area contributed by atoms with Crippen molar-refractivity contribution in [3.8, 4) is 6.07 Å². The van der Waals surface area contributed by atoms with Gasteiger partial charge in [-0.05, 0) is 24.3 Å². The van der Waals surface area contributed by atoms with E-state index in [1.807, 2.05) is 6.07 Å². The Morgan fingerprint density at radius 3 is 2.67 bits per heavy atom. The van der Waals surface area contributed by atoms with Crippen LogP contribution in [0.5, 0.6) is 0 Å². The Morgan fingerprint density at radius 2 is 2.12 bits per heavy atom. The van der Waals surface area contributed by atoms with E-state index in [1.54, 1.807) is 0 Å². The summed E-state index contributed by atoms with van der Waals surface area (Å²) < 4.78 is 25.1. The largest absolute Gasteiger partial charge is 0.288 e. The molecule has 7 nitrogen and oxygen atoms in total. The van der Waals surface area contributed by atoms with Crippen LogP contribution in [0.1, 0.15) is 44.7 Å². The molecular formula is C16H18N4O3S. The summed E-state index contributed by atoms with van der Waals surface area (Å²) >= 11 is 0. The van der Waals surface area contributed by atoms with Crippen LogP contribution in [0, 0.1) is 16.7 Å². The number of fused-ring (bicyclic) bond motifs is 1. The van der Waals surface area contributed by atoms with E-state index in [1.165, 1.54) is 16.8 Å². The van der Waals surface area contributed by atoms with Crippen LogP contribution in [0.15, 0.2) is 22.2 Å². The predicted molar refractivity (Wildman–Crippen MR) is 88.3 cm³/mol. The SMILES string of the molecule is CC1(C)CCCC1n1c(=O)c(C#N)cc2cnc(S(C)(=O)=O)nc21. The number of pyridine rings is 1. The quantitative estimate of drug-likeness (QED) is 0.768. The van der Waals surface area contributed by atoms with Gasteiger partial charge in [0.05, 0.1) is 0 Å². The van der Waals surface area contributed by atoms with Crippen molar-refractivity contribution in [2.24, 2.45) is 5.41 Å². The molecule has 1 unspecified atom stereocenters. The zero-order valence-electron chi connectivity index (χ0n) is 13.8. The highest BCUT2D eigenvalue weighted by atomic mass is 32.2. The molecule has 1 fully saturated rings. The minimum atomic E-state index is -3.59. The molecule has 24 heavy (non-hydrogen) atoms. The van der Waals surface area contributed by atoms with Crippen LogP contribution in [0.4, 0.5) is 0 Å². The molecule has 8 heteroatoms. The van der Waals surface area contributed by atoms with Crippen LogP contribution in [-0.4, -0.2) is 29.2 Å². The lowest BCUT2D eigenvalue weighted by Gasteiger charge is -2.29. The maximum absolute atomic E-state index is 12.8. The average Bonchev–Trinajstić information content (AvgIpc) is 2.84. The molecule has 0 saturated heterocycles. The van der Waals surface area contributed by atoms with Gasteiger partial charge in [-0.3, -0.25) is 9.36 Å². The van der Waals surface area contributed by atoms with Crippen molar-refractivity contribution >= 4 is 20.9 Å². The van der Waals surface area contributed by atoms with Gasteiger partial charge >= 0.3 is 0 Å². The standard InChI is InChI=1S/C16H18N4O3S/c1-16(2)6-4-5-12(16)20-13-11(7-10(8-17)14(20)21)9-18-15(19-13)24(3,22)23/h7,9,12H,4-6H2,1-3H3. The summed E-state index contributed by atoms with van der Waals surface area (Å²) in [6, 6.07) is 3.20. The second kappa shape index (κ2) is 5.38. The summed E-state index contributed by atoms with van der Waals surface area (Å²) in [5.74, 6) is 0. The monoisotopic (exact) mass is 346 g/mol. The Hall–Kier alpha value is -2.27. The summed E-state index contributed by atoms with van der Waals surface area (Å²) in [6.45, 7) is 4.14. The maximum atomic E-state index is 12.8. The Morgan fingerprint density at radius 1 is 1.42 bits per heavy atom. The van der Waals surface area contributed by atoms with E-state index in [4.69, 9.17) is 0 Å². The lowest BCUT2D eigenvalue weighted by atomic mass is 9.87. The molecule has 1 aliphatic carbocycles. The van der Waals surface area contributed by atoms with E-state index >= 15 is 0 Å². The van der Waals surface area contributed by atoms with Gasteiger partial charge in [-0.15, -0.1) is 0 Å². The first-order valence-electron chi connectivity index (χ1n) is 7.67. The van der Waals surface area contributed by atoms with Crippen molar-refractivity contribution in [1.82, 2.24) is 14.5 Å². The smallest absolute Gasteiger partial charge is 0.270 e. The highest BCUT2D eigenvalue weighted by Crippen LogP contribution is 2.45. The van der Waals surface area contributed by atoms with Crippen molar-refractivity contribution in [1.29, 1.82) is 5.26 Å². The van der Waals surface area contributed by atoms with Crippen molar-refractivity contribution < 1.29 is 8.42 Å². The van der Waals surface area contributed by atoms with Crippen LogP contribution >= 0.6 is 0 Å². The molecule has 0 bridgehead atoms. The molecule has 3 rings (SSSR count). The van der Waals surface area contributed by atoms with Gasteiger partial charge in [-0.1, -0.05) is 20.3 Å². The third-order valence-corrected chi connectivity index (χ3v) is 5.58. The van der Waals surface area contributed by atoms with Crippen molar-refractivity contribution in [3.63, 3.8) is 0 Å². The van der Waals surface area contributed by atoms with E-state index in [-0.39, 0.29) is 27.8 Å². The third kappa shape index (κ3) is 2.59. The fourth-order valence-electron chi connectivity index (χ4n) is 3.44. The van der Waals surface area contributed by atoms with Gasteiger partial charge < -0.3 is 0 Å². The molecule has 2 aromatic rings. The minimum absolute atomic E-state index is 0.0147. The Bertz CT molecular complexity index is 1030.